The average molecular weight is 574 g/mol. The first-order valence-electron chi connectivity index (χ1n) is 14.1. The molecular weight excluding hydrogens is 538 g/mol. The lowest BCUT2D eigenvalue weighted by atomic mass is 9.77. The molecule has 2 saturated heterocycles. The van der Waals surface area contributed by atoms with Crippen LogP contribution in [0.3, 0.4) is 0 Å². The van der Waals surface area contributed by atoms with Gasteiger partial charge in [-0.15, -0.1) is 0 Å². The maximum atomic E-state index is 14.2. The molecule has 2 fully saturated rings. The third-order valence-corrected chi connectivity index (χ3v) is 9.49. The monoisotopic (exact) mass is 573 g/mol. The van der Waals surface area contributed by atoms with Crippen molar-refractivity contribution in [3.05, 3.63) is 85.8 Å². The van der Waals surface area contributed by atoms with E-state index in [1.165, 1.54) is 18.2 Å². The van der Waals surface area contributed by atoms with E-state index in [2.05, 4.69) is 0 Å². The third kappa shape index (κ3) is 3.87. The summed E-state index contributed by atoms with van der Waals surface area (Å²) in [5.41, 5.74) is -1.08. The Balaban J connectivity index is 1.52. The van der Waals surface area contributed by atoms with Crippen molar-refractivity contribution >= 4 is 22.5 Å². The first kappa shape index (κ1) is 28.5. The predicted molar refractivity (Wildman–Crippen MR) is 155 cm³/mol. The third-order valence-electron chi connectivity index (χ3n) is 9.49. The van der Waals surface area contributed by atoms with Crippen LogP contribution in [0.4, 0.5) is 0 Å². The number of hydrogen-bond donors (Lipinski definition) is 2. The van der Waals surface area contributed by atoms with Gasteiger partial charge in [-0.05, 0) is 72.8 Å². The first-order chi connectivity index (χ1) is 19.7. The number of benzene rings is 2. The molecule has 1 aliphatic carbocycles. The molecule has 1 aromatic heterocycles. The maximum Gasteiger partial charge on any atom is 0.202 e. The lowest BCUT2D eigenvalue weighted by Gasteiger charge is -2.49. The zero-order valence-corrected chi connectivity index (χ0v) is 24.8. The summed E-state index contributed by atoms with van der Waals surface area (Å²) in [4.78, 5) is 43.3. The van der Waals surface area contributed by atoms with E-state index in [0.717, 1.165) is 0 Å². The standard InChI is InChI=1S/C33H35NO8/c1-8-9-22-33(5,42-22)23-13-20(35)24-15(2)12-19-26(30(24)41-23)29(38)25-18(27(19)36)11-10-17(28(25)37)21-14-32(4,34(6)7)31(39)16(3)40-21/h8-13,16,21-22,31,37,39H,14H2,1-7H3/b9-8-. The molecule has 0 radical (unpaired) electrons. The number of allylic oxidation sites excluding steroid dienone is 1. The van der Waals surface area contributed by atoms with E-state index in [4.69, 9.17) is 13.9 Å². The molecule has 6 rings (SSSR count). The van der Waals surface area contributed by atoms with Gasteiger partial charge in [0, 0.05) is 28.3 Å². The molecule has 6 unspecified atom stereocenters. The zero-order valence-electron chi connectivity index (χ0n) is 24.8. The number of ketones is 2. The molecule has 0 bridgehead atoms. The highest BCUT2D eigenvalue weighted by atomic mass is 16.6. The summed E-state index contributed by atoms with van der Waals surface area (Å²) in [6.07, 6.45) is 1.76. The van der Waals surface area contributed by atoms with Gasteiger partial charge in [-0.3, -0.25) is 14.4 Å². The number of carbonyl (C=O) groups is 2. The second kappa shape index (κ2) is 9.44. The quantitative estimate of drug-likeness (QED) is 0.271. The van der Waals surface area contributed by atoms with Crippen LogP contribution in [0.15, 0.2) is 45.6 Å². The summed E-state index contributed by atoms with van der Waals surface area (Å²) in [7, 11) is 3.74. The number of aromatic hydroxyl groups is 1. The van der Waals surface area contributed by atoms with Crippen molar-refractivity contribution in [2.45, 2.75) is 76.6 Å². The molecule has 2 aromatic carbocycles. The number of phenolic OH excluding ortho intramolecular Hbond substituents is 1. The van der Waals surface area contributed by atoms with Crippen LogP contribution in [-0.2, 0) is 15.1 Å². The highest BCUT2D eigenvalue weighted by Gasteiger charge is 2.55. The van der Waals surface area contributed by atoms with E-state index in [-0.39, 0.29) is 56.3 Å². The van der Waals surface area contributed by atoms with Crippen molar-refractivity contribution < 1.29 is 33.7 Å². The number of likely N-dealkylation sites (N-methyl/N-ethyl adjacent to an activating group) is 1. The molecule has 9 heteroatoms. The Morgan fingerprint density at radius 2 is 1.76 bits per heavy atom. The molecular formula is C33H35NO8. The van der Waals surface area contributed by atoms with Gasteiger partial charge in [0.15, 0.2) is 16.8 Å². The van der Waals surface area contributed by atoms with Gasteiger partial charge in [0.25, 0.3) is 0 Å². The molecule has 2 N–H and O–H groups in total. The molecule has 220 valence electrons. The number of epoxide rings is 1. The maximum absolute atomic E-state index is 14.2. The van der Waals surface area contributed by atoms with Gasteiger partial charge in [-0.25, -0.2) is 0 Å². The van der Waals surface area contributed by atoms with Crippen LogP contribution < -0.4 is 5.43 Å². The van der Waals surface area contributed by atoms with Crippen LogP contribution >= 0.6 is 0 Å². The number of carbonyl (C=O) groups excluding carboxylic acids is 2. The van der Waals surface area contributed by atoms with Gasteiger partial charge in [0.1, 0.15) is 23.2 Å². The lowest BCUT2D eigenvalue weighted by Crippen LogP contribution is -2.59. The normalized spacial score (nSPS) is 30.7. The van der Waals surface area contributed by atoms with Crippen LogP contribution in [0.1, 0.15) is 88.9 Å². The molecule has 0 amide bonds. The first-order valence-corrected chi connectivity index (χ1v) is 14.1. The molecule has 0 spiro atoms. The summed E-state index contributed by atoms with van der Waals surface area (Å²) < 4.78 is 18.2. The fraction of sp³-hybridized carbons (Fsp3) is 0.424. The number of aliphatic hydroxyl groups is 1. The fourth-order valence-corrected chi connectivity index (χ4v) is 6.57. The van der Waals surface area contributed by atoms with Crippen LogP contribution in [0.25, 0.3) is 11.0 Å². The minimum atomic E-state index is -0.885. The number of phenols is 1. The molecule has 42 heavy (non-hydrogen) atoms. The van der Waals surface area contributed by atoms with Gasteiger partial charge in [-0.2, -0.15) is 0 Å². The number of hydrogen-bond acceptors (Lipinski definition) is 9. The van der Waals surface area contributed by atoms with E-state index >= 15 is 0 Å². The Kier molecular flexibility index (Phi) is 6.40. The minimum Gasteiger partial charge on any atom is -0.507 e. The Morgan fingerprint density at radius 1 is 1.05 bits per heavy atom. The van der Waals surface area contributed by atoms with Gasteiger partial charge in [0.05, 0.1) is 34.8 Å². The molecule has 3 aliphatic rings. The summed E-state index contributed by atoms with van der Waals surface area (Å²) in [5.74, 6) is -1.17. The molecule has 3 aromatic rings. The highest BCUT2D eigenvalue weighted by Crippen LogP contribution is 2.49. The molecule has 9 nitrogen and oxygen atoms in total. The molecule has 0 saturated carbocycles. The van der Waals surface area contributed by atoms with E-state index in [1.807, 2.05) is 45.0 Å². The van der Waals surface area contributed by atoms with Crippen molar-refractivity contribution in [3.63, 3.8) is 0 Å². The van der Waals surface area contributed by atoms with E-state index in [1.54, 1.807) is 26.8 Å². The molecule has 6 atom stereocenters. The van der Waals surface area contributed by atoms with E-state index in [0.29, 0.717) is 17.5 Å². The smallest absolute Gasteiger partial charge is 0.202 e. The predicted octanol–water partition coefficient (Wildman–Crippen LogP) is 4.30. The minimum absolute atomic E-state index is 0.00287. The lowest BCUT2D eigenvalue weighted by molar-refractivity contribution is -0.176. The summed E-state index contributed by atoms with van der Waals surface area (Å²) in [6, 6.07) is 6.05. The highest BCUT2D eigenvalue weighted by molar-refractivity contribution is 6.32. The number of aliphatic hydroxyl groups excluding tert-OH is 1. The number of rotatable bonds is 4. The number of fused-ring (bicyclic) bond motifs is 4. The van der Waals surface area contributed by atoms with E-state index < -0.39 is 41.0 Å². The van der Waals surface area contributed by atoms with Crippen molar-refractivity contribution in [2.24, 2.45) is 0 Å². The number of aryl methyl sites for hydroxylation is 1. The Labute approximate surface area is 243 Å². The van der Waals surface area contributed by atoms with Gasteiger partial charge >= 0.3 is 0 Å². The second-order valence-corrected chi connectivity index (χ2v) is 12.3. The zero-order chi connectivity index (χ0) is 30.5. The van der Waals surface area contributed by atoms with Crippen LogP contribution in [-0.4, -0.2) is 64.6 Å². The Hall–Kier alpha value is -3.63. The van der Waals surface area contributed by atoms with Gasteiger partial charge in [0.2, 0.25) is 5.78 Å². The van der Waals surface area contributed by atoms with E-state index in [9.17, 15) is 24.6 Å². The average Bonchev–Trinajstić information content (AvgIpc) is 3.59. The molecule has 2 aliphatic heterocycles. The van der Waals surface area contributed by atoms with Crippen molar-refractivity contribution in [3.8, 4) is 5.75 Å². The number of nitrogens with zero attached hydrogens (tertiary/aromatic N) is 1. The van der Waals surface area contributed by atoms with Crippen molar-refractivity contribution in [1.82, 2.24) is 4.90 Å². The SMILES string of the molecule is C/C=C\C1OC1(C)c1cc(=O)c2c(C)cc3c(c2o1)C(=O)c1c(ccc(C2CC(C)(N(C)C)C(O)C(C)O2)c1O)C3=O. The topological polar surface area (TPSA) is 130 Å². The largest absolute Gasteiger partial charge is 0.507 e. The Morgan fingerprint density at radius 3 is 2.43 bits per heavy atom. The van der Waals surface area contributed by atoms with Crippen LogP contribution in [0.2, 0.25) is 0 Å². The van der Waals surface area contributed by atoms with Crippen LogP contribution in [0.5, 0.6) is 5.75 Å². The fourth-order valence-electron chi connectivity index (χ4n) is 6.57. The van der Waals surface area contributed by atoms with Crippen molar-refractivity contribution in [2.75, 3.05) is 14.1 Å². The second-order valence-electron chi connectivity index (χ2n) is 12.3. The van der Waals surface area contributed by atoms with Crippen molar-refractivity contribution in [1.29, 1.82) is 0 Å². The Bertz CT molecular complexity index is 1770. The van der Waals surface area contributed by atoms with Gasteiger partial charge in [-0.1, -0.05) is 18.2 Å². The number of ether oxygens (including phenoxy) is 2. The summed E-state index contributed by atoms with van der Waals surface area (Å²) in [6.45, 7) is 9.04. The summed E-state index contributed by atoms with van der Waals surface area (Å²) in [5, 5.41) is 22.7. The van der Waals surface area contributed by atoms with Gasteiger partial charge < -0.3 is 29.0 Å². The van der Waals surface area contributed by atoms with Crippen LogP contribution in [0, 0.1) is 6.92 Å². The molecule has 3 heterocycles. The summed E-state index contributed by atoms with van der Waals surface area (Å²) >= 11 is 0.